The number of aryl methyl sites for hydroxylation is 1. The Bertz CT molecular complexity index is 754. The lowest BCUT2D eigenvalue weighted by Crippen LogP contribution is -2.43. The van der Waals surface area contributed by atoms with E-state index in [0.717, 1.165) is 30.7 Å². The molecule has 2 aromatic heterocycles. The molecule has 2 heterocycles. The lowest BCUT2D eigenvalue weighted by Gasteiger charge is -2.27. The average Bonchev–Trinajstić information content (AvgIpc) is 3.39. The fourth-order valence-corrected chi connectivity index (χ4v) is 3.32. The molecule has 7 nitrogen and oxygen atoms in total. The number of hydrogen-bond acceptors (Lipinski definition) is 4. The van der Waals surface area contributed by atoms with E-state index in [4.69, 9.17) is 9.15 Å². The van der Waals surface area contributed by atoms with Crippen LogP contribution in [0.4, 0.5) is 0 Å². The van der Waals surface area contributed by atoms with E-state index in [9.17, 15) is 9.59 Å². The van der Waals surface area contributed by atoms with E-state index >= 15 is 0 Å². The number of hydrogen-bond donors (Lipinski definition) is 0. The van der Waals surface area contributed by atoms with Crippen LogP contribution in [0, 0.1) is 0 Å². The van der Waals surface area contributed by atoms with Crippen LogP contribution in [0.5, 0.6) is 0 Å². The van der Waals surface area contributed by atoms with Gasteiger partial charge in [0.2, 0.25) is 11.8 Å². The molecule has 0 N–H and O–H groups in total. The standard InChI is InChI=1S/C23H35N3O4/c1-4-5-6-12-22(27)25(14-9-15-29-3)19-23(28)26(18-21-11-8-16-30-21)17-20-10-7-13-24(20)2/h7-8,10-11,13,16H,4-6,9,12,14-15,17-19H2,1-3H3. The summed E-state index contributed by atoms with van der Waals surface area (Å²) in [6.07, 6.45) is 7.67. The number of furan rings is 1. The van der Waals surface area contributed by atoms with Crippen molar-refractivity contribution in [1.29, 1.82) is 0 Å². The lowest BCUT2D eigenvalue weighted by atomic mass is 10.2. The molecule has 0 aliphatic heterocycles. The molecule has 2 amide bonds. The number of amides is 2. The number of unbranched alkanes of at least 4 members (excludes halogenated alkanes) is 2. The summed E-state index contributed by atoms with van der Waals surface area (Å²) < 4.78 is 12.6. The van der Waals surface area contributed by atoms with Crippen LogP contribution in [-0.2, 0) is 34.5 Å². The van der Waals surface area contributed by atoms with Crippen molar-refractivity contribution in [3.05, 3.63) is 48.2 Å². The van der Waals surface area contributed by atoms with Crippen LogP contribution in [0.15, 0.2) is 41.1 Å². The molecule has 30 heavy (non-hydrogen) atoms. The Kier molecular flexibility index (Phi) is 10.2. The topological polar surface area (TPSA) is 67.9 Å². The first-order valence-corrected chi connectivity index (χ1v) is 10.7. The minimum atomic E-state index is -0.0890. The molecule has 0 unspecified atom stereocenters. The molecular weight excluding hydrogens is 382 g/mol. The van der Waals surface area contributed by atoms with Crippen molar-refractivity contribution in [3.63, 3.8) is 0 Å². The van der Waals surface area contributed by atoms with Gasteiger partial charge in [0.25, 0.3) is 0 Å². The number of aromatic nitrogens is 1. The Hall–Kier alpha value is -2.54. The minimum Gasteiger partial charge on any atom is -0.467 e. The molecule has 0 aliphatic rings. The highest BCUT2D eigenvalue weighted by atomic mass is 16.5. The zero-order valence-electron chi connectivity index (χ0n) is 18.5. The average molecular weight is 418 g/mol. The molecule has 7 heteroatoms. The zero-order valence-corrected chi connectivity index (χ0v) is 18.5. The highest BCUT2D eigenvalue weighted by molar-refractivity contribution is 5.84. The molecule has 0 bridgehead atoms. The van der Waals surface area contributed by atoms with Crippen molar-refractivity contribution in [2.24, 2.45) is 7.05 Å². The number of rotatable bonds is 14. The lowest BCUT2D eigenvalue weighted by molar-refractivity contribution is -0.141. The molecule has 166 valence electrons. The van der Waals surface area contributed by atoms with Gasteiger partial charge in [-0.2, -0.15) is 0 Å². The second-order valence-electron chi connectivity index (χ2n) is 7.56. The van der Waals surface area contributed by atoms with Crippen molar-refractivity contribution in [2.45, 2.75) is 52.1 Å². The first-order valence-electron chi connectivity index (χ1n) is 10.7. The maximum absolute atomic E-state index is 13.2. The number of carbonyl (C=O) groups excluding carboxylic acids is 2. The molecule has 0 aliphatic carbocycles. The Labute approximate surface area is 179 Å². The fraction of sp³-hybridized carbons (Fsp3) is 0.565. The maximum Gasteiger partial charge on any atom is 0.242 e. The number of carbonyl (C=O) groups is 2. The van der Waals surface area contributed by atoms with Gasteiger partial charge in [-0.1, -0.05) is 19.8 Å². The molecule has 2 aromatic rings. The smallest absolute Gasteiger partial charge is 0.242 e. The van der Waals surface area contributed by atoms with Crippen molar-refractivity contribution < 1.29 is 18.7 Å². The molecule has 0 saturated heterocycles. The maximum atomic E-state index is 13.2. The Balaban J connectivity index is 2.08. The monoisotopic (exact) mass is 417 g/mol. The van der Waals surface area contributed by atoms with E-state index in [0.29, 0.717) is 39.1 Å². The second-order valence-corrected chi connectivity index (χ2v) is 7.56. The minimum absolute atomic E-state index is 0.0321. The molecule has 0 atom stereocenters. The van der Waals surface area contributed by atoms with Crippen LogP contribution < -0.4 is 0 Å². The van der Waals surface area contributed by atoms with Crippen molar-refractivity contribution in [1.82, 2.24) is 14.4 Å². The molecule has 0 spiro atoms. The van der Waals surface area contributed by atoms with E-state index in [1.807, 2.05) is 42.1 Å². The third-order valence-electron chi connectivity index (χ3n) is 5.13. The third kappa shape index (κ3) is 7.71. The molecule has 0 aromatic carbocycles. The largest absolute Gasteiger partial charge is 0.467 e. The van der Waals surface area contributed by atoms with E-state index < -0.39 is 0 Å². The van der Waals surface area contributed by atoms with Crippen LogP contribution in [0.3, 0.4) is 0 Å². The number of ether oxygens (including phenoxy) is 1. The first-order chi connectivity index (χ1) is 14.5. The summed E-state index contributed by atoms with van der Waals surface area (Å²) in [5.41, 5.74) is 1.02. The summed E-state index contributed by atoms with van der Waals surface area (Å²) in [5.74, 6) is 0.663. The van der Waals surface area contributed by atoms with Gasteiger partial charge < -0.3 is 23.5 Å². The first kappa shape index (κ1) is 23.7. The fourth-order valence-electron chi connectivity index (χ4n) is 3.32. The third-order valence-corrected chi connectivity index (χ3v) is 5.13. The predicted octanol–water partition coefficient (Wildman–Crippen LogP) is 3.59. The second kappa shape index (κ2) is 12.9. The van der Waals surface area contributed by atoms with Gasteiger partial charge in [0.15, 0.2) is 0 Å². The van der Waals surface area contributed by atoms with Gasteiger partial charge in [-0.3, -0.25) is 9.59 Å². The van der Waals surface area contributed by atoms with Crippen molar-refractivity contribution >= 4 is 11.8 Å². The summed E-state index contributed by atoms with van der Waals surface area (Å²) in [5, 5.41) is 0. The van der Waals surface area contributed by atoms with Crippen molar-refractivity contribution in [3.8, 4) is 0 Å². The van der Waals surface area contributed by atoms with E-state index in [1.165, 1.54) is 0 Å². The normalized spacial score (nSPS) is 10.9. The highest BCUT2D eigenvalue weighted by Crippen LogP contribution is 2.13. The predicted molar refractivity (Wildman–Crippen MR) is 116 cm³/mol. The van der Waals surface area contributed by atoms with Gasteiger partial charge in [0.05, 0.1) is 25.9 Å². The van der Waals surface area contributed by atoms with Gasteiger partial charge >= 0.3 is 0 Å². The number of nitrogens with zero attached hydrogens (tertiary/aromatic N) is 3. The SMILES string of the molecule is CCCCCC(=O)N(CCCOC)CC(=O)N(Cc1ccco1)Cc1cccn1C. The Morgan fingerprint density at radius 1 is 1.07 bits per heavy atom. The van der Waals surface area contributed by atoms with Crippen LogP contribution in [0.25, 0.3) is 0 Å². The Morgan fingerprint density at radius 2 is 1.90 bits per heavy atom. The quantitative estimate of drug-likeness (QED) is 0.441. The molecule has 0 radical (unpaired) electrons. The van der Waals surface area contributed by atoms with Gasteiger partial charge in [-0.25, -0.2) is 0 Å². The van der Waals surface area contributed by atoms with Gasteiger partial charge in [0, 0.05) is 45.6 Å². The van der Waals surface area contributed by atoms with E-state index in [2.05, 4.69) is 6.92 Å². The van der Waals surface area contributed by atoms with Gasteiger partial charge in [-0.05, 0) is 37.1 Å². The molecule has 0 fully saturated rings. The van der Waals surface area contributed by atoms with Crippen LogP contribution in [0.1, 0.15) is 50.5 Å². The summed E-state index contributed by atoms with van der Waals surface area (Å²) >= 11 is 0. The van der Waals surface area contributed by atoms with Gasteiger partial charge in [0.1, 0.15) is 5.76 Å². The highest BCUT2D eigenvalue weighted by Gasteiger charge is 2.22. The zero-order chi connectivity index (χ0) is 21.8. The molecule has 2 rings (SSSR count). The van der Waals surface area contributed by atoms with Crippen LogP contribution in [-0.4, -0.2) is 53.0 Å². The summed E-state index contributed by atoms with van der Waals surface area (Å²) in [6.45, 7) is 4.09. The summed E-state index contributed by atoms with van der Waals surface area (Å²) in [4.78, 5) is 29.4. The molecule has 0 saturated carbocycles. The summed E-state index contributed by atoms with van der Waals surface area (Å²) in [6, 6.07) is 7.63. The molecular formula is C23H35N3O4. The van der Waals surface area contributed by atoms with E-state index in [-0.39, 0.29) is 18.4 Å². The number of methoxy groups -OCH3 is 1. The Morgan fingerprint density at radius 3 is 2.53 bits per heavy atom. The summed E-state index contributed by atoms with van der Waals surface area (Å²) in [7, 11) is 3.60. The van der Waals surface area contributed by atoms with Crippen LogP contribution >= 0.6 is 0 Å². The van der Waals surface area contributed by atoms with E-state index in [1.54, 1.807) is 23.2 Å². The van der Waals surface area contributed by atoms with Crippen molar-refractivity contribution in [2.75, 3.05) is 26.8 Å². The van der Waals surface area contributed by atoms with Gasteiger partial charge in [-0.15, -0.1) is 0 Å². The van der Waals surface area contributed by atoms with Crippen LogP contribution in [0.2, 0.25) is 0 Å².